The molecule has 86 valence electrons. The van der Waals surface area contributed by atoms with Crippen LogP contribution in [0.15, 0.2) is 16.9 Å². The van der Waals surface area contributed by atoms with Gasteiger partial charge in [-0.1, -0.05) is 0 Å². The molecule has 5 heteroatoms. The largest absolute Gasteiger partial charge is 0.488 e. The third kappa shape index (κ3) is 2.35. The molecule has 0 unspecified atom stereocenters. The maximum atomic E-state index is 11.9. The van der Waals surface area contributed by atoms with Crippen molar-refractivity contribution < 1.29 is 9.53 Å². The number of carbonyl (C=O) groups excluding carboxylic acids is 1. The van der Waals surface area contributed by atoms with Crippen LogP contribution in [0.25, 0.3) is 0 Å². The summed E-state index contributed by atoms with van der Waals surface area (Å²) >= 11 is 3.36. The van der Waals surface area contributed by atoms with Crippen LogP contribution in [0.4, 0.5) is 0 Å². The second-order valence-corrected chi connectivity index (χ2v) is 4.87. The zero-order valence-electron chi connectivity index (χ0n) is 9.24. The van der Waals surface area contributed by atoms with Crippen molar-refractivity contribution in [1.29, 1.82) is 0 Å². The van der Waals surface area contributed by atoms with Gasteiger partial charge in [-0.15, -0.1) is 0 Å². The van der Waals surface area contributed by atoms with Gasteiger partial charge in [0.2, 0.25) is 0 Å². The van der Waals surface area contributed by atoms with Crippen LogP contribution in [0, 0.1) is 0 Å². The van der Waals surface area contributed by atoms with Gasteiger partial charge in [0.15, 0.2) is 0 Å². The summed E-state index contributed by atoms with van der Waals surface area (Å²) in [5, 5.41) is 0. The van der Waals surface area contributed by atoms with Crippen molar-refractivity contribution in [3.8, 4) is 5.75 Å². The third-order valence-corrected chi connectivity index (χ3v) is 2.86. The van der Waals surface area contributed by atoms with Gasteiger partial charge in [0.1, 0.15) is 11.3 Å². The predicted octanol–water partition coefficient (Wildman–Crippen LogP) is 2.09. The van der Waals surface area contributed by atoms with E-state index in [2.05, 4.69) is 20.9 Å². The Balaban J connectivity index is 2.34. The summed E-state index contributed by atoms with van der Waals surface area (Å²) in [5.74, 6) is 0.514. The Kier molecular flexibility index (Phi) is 3.14. The van der Waals surface area contributed by atoms with E-state index in [1.807, 2.05) is 0 Å². The van der Waals surface area contributed by atoms with Gasteiger partial charge in [-0.25, -0.2) is 0 Å². The van der Waals surface area contributed by atoms with E-state index >= 15 is 0 Å². The highest BCUT2D eigenvalue weighted by molar-refractivity contribution is 9.10. The number of hydrogen-bond acceptors (Lipinski definition) is 3. The first-order chi connectivity index (χ1) is 7.59. The van der Waals surface area contributed by atoms with Crippen LogP contribution in [-0.2, 0) is 0 Å². The van der Waals surface area contributed by atoms with E-state index in [0.29, 0.717) is 11.3 Å². The average molecular weight is 285 g/mol. The number of aromatic nitrogens is 1. The SMILES string of the molecule is CN(C)C(=O)c1cncc(Br)c1OC1CC1. The molecule has 1 aromatic heterocycles. The van der Waals surface area contributed by atoms with Gasteiger partial charge in [-0.05, 0) is 28.8 Å². The molecule has 0 N–H and O–H groups in total. The van der Waals surface area contributed by atoms with E-state index in [9.17, 15) is 4.79 Å². The molecular formula is C11H13BrN2O2. The number of hydrogen-bond donors (Lipinski definition) is 0. The van der Waals surface area contributed by atoms with Crippen LogP contribution in [0.3, 0.4) is 0 Å². The number of pyridine rings is 1. The standard InChI is InChI=1S/C11H13BrN2O2/c1-14(2)11(15)8-5-13-6-9(12)10(8)16-7-3-4-7/h5-7H,3-4H2,1-2H3. The maximum Gasteiger partial charge on any atom is 0.258 e. The fraction of sp³-hybridized carbons (Fsp3) is 0.455. The van der Waals surface area contributed by atoms with Crippen molar-refractivity contribution in [3.05, 3.63) is 22.4 Å². The first kappa shape index (κ1) is 11.4. The lowest BCUT2D eigenvalue weighted by Gasteiger charge is -2.15. The zero-order chi connectivity index (χ0) is 11.7. The molecule has 0 spiro atoms. The van der Waals surface area contributed by atoms with Gasteiger partial charge >= 0.3 is 0 Å². The summed E-state index contributed by atoms with van der Waals surface area (Å²) in [6, 6.07) is 0. The molecule has 0 bridgehead atoms. The monoisotopic (exact) mass is 284 g/mol. The molecule has 0 radical (unpaired) electrons. The molecule has 1 aromatic rings. The highest BCUT2D eigenvalue weighted by Gasteiger charge is 2.27. The van der Waals surface area contributed by atoms with E-state index in [4.69, 9.17) is 4.74 Å². The molecule has 16 heavy (non-hydrogen) atoms. The number of rotatable bonds is 3. The Morgan fingerprint density at radius 2 is 2.19 bits per heavy atom. The van der Waals surface area contributed by atoms with E-state index in [1.54, 1.807) is 26.5 Å². The Labute approximate surface area is 103 Å². The quantitative estimate of drug-likeness (QED) is 0.854. The Morgan fingerprint density at radius 1 is 1.50 bits per heavy atom. The van der Waals surface area contributed by atoms with Crippen molar-refractivity contribution in [2.75, 3.05) is 14.1 Å². The van der Waals surface area contributed by atoms with Crippen molar-refractivity contribution in [2.45, 2.75) is 18.9 Å². The number of amides is 1. The van der Waals surface area contributed by atoms with Crippen molar-refractivity contribution in [1.82, 2.24) is 9.88 Å². The first-order valence-corrected chi connectivity index (χ1v) is 5.90. The van der Waals surface area contributed by atoms with Gasteiger partial charge in [0, 0.05) is 26.5 Å². The maximum absolute atomic E-state index is 11.9. The number of ether oxygens (including phenoxy) is 1. The molecule has 1 aliphatic carbocycles. The molecule has 1 amide bonds. The highest BCUT2D eigenvalue weighted by atomic mass is 79.9. The summed E-state index contributed by atoms with van der Waals surface area (Å²) in [5.41, 5.74) is 0.506. The number of carbonyl (C=O) groups is 1. The smallest absolute Gasteiger partial charge is 0.258 e. The van der Waals surface area contributed by atoms with Crippen molar-refractivity contribution in [3.63, 3.8) is 0 Å². The summed E-state index contributed by atoms with van der Waals surface area (Å²) in [6.45, 7) is 0. The first-order valence-electron chi connectivity index (χ1n) is 5.11. The molecular weight excluding hydrogens is 272 g/mol. The minimum Gasteiger partial charge on any atom is -0.488 e. The highest BCUT2D eigenvalue weighted by Crippen LogP contribution is 2.34. The minimum absolute atomic E-state index is 0.0931. The number of nitrogens with zero attached hydrogens (tertiary/aromatic N) is 2. The van der Waals surface area contributed by atoms with Crippen molar-refractivity contribution >= 4 is 21.8 Å². The second-order valence-electron chi connectivity index (χ2n) is 4.01. The van der Waals surface area contributed by atoms with E-state index in [1.165, 1.54) is 4.90 Å². The molecule has 1 aliphatic rings. The molecule has 4 nitrogen and oxygen atoms in total. The van der Waals surface area contributed by atoms with Gasteiger partial charge in [0.05, 0.1) is 10.6 Å². The van der Waals surface area contributed by atoms with Crippen LogP contribution in [0.2, 0.25) is 0 Å². The van der Waals surface area contributed by atoms with Gasteiger partial charge < -0.3 is 9.64 Å². The van der Waals surface area contributed by atoms with Crippen molar-refractivity contribution in [2.24, 2.45) is 0 Å². The molecule has 1 heterocycles. The molecule has 0 aliphatic heterocycles. The molecule has 2 rings (SSSR count). The second kappa shape index (κ2) is 4.41. The Bertz CT molecular complexity index is 416. The minimum atomic E-state index is -0.0931. The molecule has 1 fully saturated rings. The third-order valence-electron chi connectivity index (χ3n) is 2.30. The van der Waals surface area contributed by atoms with Crippen LogP contribution in [-0.4, -0.2) is 36.0 Å². The van der Waals surface area contributed by atoms with Crippen LogP contribution < -0.4 is 4.74 Å². The zero-order valence-corrected chi connectivity index (χ0v) is 10.8. The normalized spacial score (nSPS) is 14.7. The summed E-state index contributed by atoms with van der Waals surface area (Å²) in [4.78, 5) is 17.4. The summed E-state index contributed by atoms with van der Waals surface area (Å²) in [6.07, 6.45) is 5.57. The number of halogens is 1. The van der Waals surface area contributed by atoms with Crippen LogP contribution in [0.1, 0.15) is 23.2 Å². The van der Waals surface area contributed by atoms with Gasteiger partial charge in [0.25, 0.3) is 5.91 Å². The Hall–Kier alpha value is -1.10. The van der Waals surface area contributed by atoms with E-state index < -0.39 is 0 Å². The lowest BCUT2D eigenvalue weighted by atomic mass is 10.2. The topological polar surface area (TPSA) is 42.4 Å². The predicted molar refractivity (Wildman–Crippen MR) is 63.6 cm³/mol. The lowest BCUT2D eigenvalue weighted by molar-refractivity contribution is 0.0822. The van der Waals surface area contributed by atoms with Gasteiger partial charge in [-0.3, -0.25) is 9.78 Å². The molecule has 0 saturated heterocycles. The molecule has 0 atom stereocenters. The van der Waals surface area contributed by atoms with Gasteiger partial charge in [-0.2, -0.15) is 0 Å². The lowest BCUT2D eigenvalue weighted by Crippen LogP contribution is -2.23. The molecule has 0 aromatic carbocycles. The fourth-order valence-corrected chi connectivity index (χ4v) is 1.71. The summed E-state index contributed by atoms with van der Waals surface area (Å²) < 4.78 is 6.45. The Morgan fingerprint density at radius 3 is 2.75 bits per heavy atom. The fourth-order valence-electron chi connectivity index (χ4n) is 1.29. The van der Waals surface area contributed by atoms with E-state index in [0.717, 1.165) is 17.3 Å². The summed E-state index contributed by atoms with van der Waals surface area (Å²) in [7, 11) is 3.42. The van der Waals surface area contributed by atoms with Crippen LogP contribution in [0.5, 0.6) is 5.75 Å². The van der Waals surface area contributed by atoms with E-state index in [-0.39, 0.29) is 12.0 Å². The average Bonchev–Trinajstić information content (AvgIpc) is 3.03. The van der Waals surface area contributed by atoms with Crippen LogP contribution >= 0.6 is 15.9 Å². The molecule has 1 saturated carbocycles.